The summed E-state index contributed by atoms with van der Waals surface area (Å²) in [5.74, 6) is 2.67. The van der Waals surface area contributed by atoms with Gasteiger partial charge in [-0.3, -0.25) is 4.98 Å². The maximum Gasteiger partial charge on any atom is 0.0708 e. The van der Waals surface area contributed by atoms with Crippen LogP contribution in [0.3, 0.4) is 0 Å². The monoisotopic (exact) mass is 381 g/mol. The molecule has 3 saturated carbocycles. The van der Waals surface area contributed by atoms with Crippen LogP contribution >= 0.6 is 0 Å². The van der Waals surface area contributed by atoms with Gasteiger partial charge >= 0.3 is 0 Å². The van der Waals surface area contributed by atoms with E-state index in [1.54, 1.807) is 5.56 Å². The van der Waals surface area contributed by atoms with Crippen LogP contribution in [0.2, 0.25) is 0 Å². The molecule has 148 valence electrons. The van der Waals surface area contributed by atoms with Crippen LogP contribution in [0.4, 0.5) is 0 Å². The SMILES string of the molecule is c1ccc(-c2cc(-c3ccc(C4CC5CCCC(CCC5)C4)cc3)ccn2)cc1. The van der Waals surface area contributed by atoms with E-state index in [1.807, 2.05) is 6.20 Å². The summed E-state index contributed by atoms with van der Waals surface area (Å²) in [5, 5.41) is 0. The third kappa shape index (κ3) is 4.29. The fourth-order valence-electron chi connectivity index (χ4n) is 5.65. The van der Waals surface area contributed by atoms with E-state index in [4.69, 9.17) is 0 Å². The molecule has 2 aromatic carbocycles. The number of benzene rings is 2. The molecule has 0 saturated heterocycles. The molecule has 3 aromatic rings. The van der Waals surface area contributed by atoms with Crippen LogP contribution in [-0.4, -0.2) is 4.98 Å². The molecule has 0 aliphatic heterocycles. The number of hydrogen-bond acceptors (Lipinski definition) is 1. The fourth-order valence-corrected chi connectivity index (χ4v) is 5.65. The van der Waals surface area contributed by atoms with E-state index in [9.17, 15) is 0 Å². The van der Waals surface area contributed by atoms with Crippen molar-refractivity contribution in [3.63, 3.8) is 0 Å². The second-order valence-corrected chi connectivity index (χ2v) is 9.18. The lowest BCUT2D eigenvalue weighted by atomic mass is 9.71. The number of nitrogens with zero attached hydrogens (tertiary/aromatic N) is 1. The molecule has 3 aliphatic rings. The van der Waals surface area contributed by atoms with Gasteiger partial charge in [-0.25, -0.2) is 0 Å². The lowest BCUT2D eigenvalue weighted by molar-refractivity contribution is 0.226. The summed E-state index contributed by atoms with van der Waals surface area (Å²) in [7, 11) is 0. The molecule has 3 aliphatic carbocycles. The molecular weight excluding hydrogens is 350 g/mol. The molecule has 0 atom stereocenters. The summed E-state index contributed by atoms with van der Waals surface area (Å²) in [4.78, 5) is 4.58. The van der Waals surface area contributed by atoms with E-state index in [2.05, 4.69) is 71.7 Å². The Hall–Kier alpha value is -2.41. The highest BCUT2D eigenvalue weighted by atomic mass is 14.7. The molecular formula is C28H31N. The Kier molecular flexibility index (Phi) is 5.47. The van der Waals surface area contributed by atoms with Crippen molar-refractivity contribution in [3.8, 4) is 22.4 Å². The average Bonchev–Trinajstić information content (AvgIpc) is 2.73. The Morgan fingerprint density at radius 2 is 1.28 bits per heavy atom. The van der Waals surface area contributed by atoms with Crippen LogP contribution < -0.4 is 0 Å². The summed E-state index contributed by atoms with van der Waals surface area (Å²) in [5.41, 5.74) is 6.32. The van der Waals surface area contributed by atoms with Crippen LogP contribution in [0.1, 0.15) is 62.8 Å². The number of fused-ring (bicyclic) bond motifs is 6. The van der Waals surface area contributed by atoms with E-state index < -0.39 is 0 Å². The zero-order chi connectivity index (χ0) is 19.5. The molecule has 3 fully saturated rings. The molecule has 2 bridgehead atoms. The van der Waals surface area contributed by atoms with E-state index in [-0.39, 0.29) is 0 Å². The highest BCUT2D eigenvalue weighted by Crippen LogP contribution is 2.42. The normalized spacial score (nSPS) is 24.5. The van der Waals surface area contributed by atoms with Crippen molar-refractivity contribution in [1.29, 1.82) is 0 Å². The largest absolute Gasteiger partial charge is 0.256 e. The minimum Gasteiger partial charge on any atom is -0.256 e. The number of aromatic nitrogens is 1. The van der Waals surface area contributed by atoms with Gasteiger partial charge < -0.3 is 0 Å². The van der Waals surface area contributed by atoms with Crippen molar-refractivity contribution in [1.82, 2.24) is 4.98 Å². The first-order valence-electron chi connectivity index (χ1n) is 11.5. The first-order chi connectivity index (χ1) is 14.3. The standard InChI is InChI=1S/C28H31N/c1-2-10-25(11-3-1)28-20-26(16-17-29-28)23-12-14-24(15-13-23)27-18-21-6-4-7-22(19-27)9-5-8-21/h1-3,10-17,20-22,27H,4-9,18-19H2. The lowest BCUT2D eigenvalue weighted by Crippen LogP contribution is -2.20. The van der Waals surface area contributed by atoms with E-state index >= 15 is 0 Å². The second-order valence-electron chi connectivity index (χ2n) is 9.18. The van der Waals surface area contributed by atoms with Gasteiger partial charge in [0.2, 0.25) is 0 Å². The van der Waals surface area contributed by atoms with Gasteiger partial charge in [-0.15, -0.1) is 0 Å². The summed E-state index contributed by atoms with van der Waals surface area (Å²) in [6, 6.07) is 24.2. The van der Waals surface area contributed by atoms with E-state index in [0.717, 1.165) is 23.4 Å². The minimum absolute atomic E-state index is 0.761. The predicted molar refractivity (Wildman–Crippen MR) is 122 cm³/mol. The van der Waals surface area contributed by atoms with Crippen molar-refractivity contribution in [3.05, 3.63) is 78.5 Å². The van der Waals surface area contributed by atoms with Gasteiger partial charge in [0, 0.05) is 11.8 Å². The highest BCUT2D eigenvalue weighted by Gasteiger charge is 2.27. The first kappa shape index (κ1) is 18.6. The molecule has 0 amide bonds. The predicted octanol–water partition coefficient (Wildman–Crippen LogP) is 7.88. The van der Waals surface area contributed by atoms with Crippen molar-refractivity contribution in [2.75, 3.05) is 0 Å². The van der Waals surface area contributed by atoms with Gasteiger partial charge in [0.1, 0.15) is 0 Å². The fraction of sp³-hybridized carbons (Fsp3) is 0.393. The molecule has 0 radical (unpaired) electrons. The van der Waals surface area contributed by atoms with Crippen molar-refractivity contribution in [2.24, 2.45) is 11.8 Å². The van der Waals surface area contributed by atoms with Crippen LogP contribution in [0.25, 0.3) is 22.4 Å². The zero-order valence-electron chi connectivity index (χ0n) is 17.3. The Labute approximate surface area is 175 Å². The van der Waals surface area contributed by atoms with Gasteiger partial charge in [0.05, 0.1) is 5.69 Å². The summed E-state index contributed by atoms with van der Waals surface area (Å²) in [6.45, 7) is 0. The maximum absolute atomic E-state index is 4.58. The Bertz CT molecular complexity index is 904. The van der Waals surface area contributed by atoms with Gasteiger partial charge in [0.15, 0.2) is 0 Å². The minimum atomic E-state index is 0.761. The molecule has 0 spiro atoms. The molecule has 0 N–H and O–H groups in total. The quantitative estimate of drug-likeness (QED) is 0.449. The molecule has 1 aromatic heterocycles. The third-order valence-electron chi connectivity index (χ3n) is 7.23. The Morgan fingerprint density at radius 3 is 1.93 bits per heavy atom. The maximum atomic E-state index is 4.58. The van der Waals surface area contributed by atoms with Gasteiger partial charge in [-0.05, 0) is 59.4 Å². The van der Waals surface area contributed by atoms with Crippen molar-refractivity contribution < 1.29 is 0 Å². The summed E-state index contributed by atoms with van der Waals surface area (Å²) < 4.78 is 0. The van der Waals surface area contributed by atoms with Crippen LogP contribution in [0.15, 0.2) is 72.9 Å². The Balaban J connectivity index is 1.38. The van der Waals surface area contributed by atoms with Crippen LogP contribution in [0, 0.1) is 11.8 Å². The highest BCUT2D eigenvalue weighted by molar-refractivity contribution is 5.70. The topological polar surface area (TPSA) is 12.9 Å². The van der Waals surface area contributed by atoms with Gasteiger partial charge in [0.25, 0.3) is 0 Å². The van der Waals surface area contributed by atoms with Gasteiger partial charge in [-0.2, -0.15) is 0 Å². The molecule has 1 nitrogen and oxygen atoms in total. The van der Waals surface area contributed by atoms with Crippen molar-refractivity contribution >= 4 is 0 Å². The molecule has 1 heterocycles. The van der Waals surface area contributed by atoms with Gasteiger partial charge in [-0.1, -0.05) is 93.1 Å². The zero-order valence-corrected chi connectivity index (χ0v) is 17.3. The van der Waals surface area contributed by atoms with Crippen LogP contribution in [-0.2, 0) is 0 Å². The summed E-state index contributed by atoms with van der Waals surface area (Å²) >= 11 is 0. The molecule has 1 heteroatoms. The summed E-state index contributed by atoms with van der Waals surface area (Å²) in [6.07, 6.45) is 13.5. The van der Waals surface area contributed by atoms with E-state index in [1.165, 1.54) is 68.1 Å². The Morgan fingerprint density at radius 1 is 0.621 bits per heavy atom. The lowest BCUT2D eigenvalue weighted by Gasteiger charge is -2.34. The molecule has 0 unspecified atom stereocenters. The molecule has 29 heavy (non-hydrogen) atoms. The average molecular weight is 382 g/mol. The second kappa shape index (κ2) is 8.53. The number of hydrogen-bond donors (Lipinski definition) is 0. The van der Waals surface area contributed by atoms with Crippen molar-refractivity contribution in [2.45, 2.75) is 57.3 Å². The number of pyridine rings is 1. The van der Waals surface area contributed by atoms with Crippen LogP contribution in [0.5, 0.6) is 0 Å². The molecule has 6 rings (SSSR count). The van der Waals surface area contributed by atoms with E-state index in [0.29, 0.717) is 0 Å². The first-order valence-corrected chi connectivity index (χ1v) is 11.5. The smallest absolute Gasteiger partial charge is 0.0708 e. The number of rotatable bonds is 3. The third-order valence-corrected chi connectivity index (χ3v) is 7.23.